The number of anilines is 1. The summed E-state index contributed by atoms with van der Waals surface area (Å²) in [5.74, 6) is -2.66. The van der Waals surface area contributed by atoms with Crippen molar-refractivity contribution in [2.24, 2.45) is 5.92 Å². The van der Waals surface area contributed by atoms with Gasteiger partial charge in [-0.2, -0.15) is 0 Å². The van der Waals surface area contributed by atoms with Gasteiger partial charge in [0.1, 0.15) is 0 Å². The van der Waals surface area contributed by atoms with E-state index in [1.54, 1.807) is 18.2 Å². The number of benzene rings is 1. The van der Waals surface area contributed by atoms with E-state index < -0.39 is 23.7 Å². The standard InChI is InChI=1S/C18H23ClN2O4/c1-18(2,3)13-10-12(19)4-5-14(13)20-15(22)16(23)21-8-6-11(7-9-21)17(24)25/h4-5,10-11H,6-9H2,1-3H3,(H,20,22)(H,24,25). The second-order valence-corrected chi connectivity index (χ2v) is 7.74. The molecule has 6 nitrogen and oxygen atoms in total. The number of rotatable bonds is 2. The molecule has 0 saturated carbocycles. The number of piperidine rings is 1. The first kappa shape index (κ1) is 19.2. The minimum absolute atomic E-state index is 0.254. The lowest BCUT2D eigenvalue weighted by Crippen LogP contribution is -2.45. The second-order valence-electron chi connectivity index (χ2n) is 7.30. The van der Waals surface area contributed by atoms with Crippen LogP contribution >= 0.6 is 11.6 Å². The van der Waals surface area contributed by atoms with E-state index in [1.807, 2.05) is 20.8 Å². The monoisotopic (exact) mass is 366 g/mol. The minimum Gasteiger partial charge on any atom is -0.481 e. The van der Waals surface area contributed by atoms with Crippen molar-refractivity contribution in [3.05, 3.63) is 28.8 Å². The molecule has 25 heavy (non-hydrogen) atoms. The maximum absolute atomic E-state index is 12.3. The van der Waals surface area contributed by atoms with Crippen LogP contribution in [0.1, 0.15) is 39.2 Å². The van der Waals surface area contributed by atoms with Gasteiger partial charge in [0.15, 0.2) is 0 Å². The van der Waals surface area contributed by atoms with Crippen LogP contribution in [0.15, 0.2) is 18.2 Å². The summed E-state index contributed by atoms with van der Waals surface area (Å²) in [7, 11) is 0. The highest BCUT2D eigenvalue weighted by Crippen LogP contribution is 2.32. The quantitative estimate of drug-likeness (QED) is 0.788. The van der Waals surface area contributed by atoms with Crippen LogP contribution < -0.4 is 5.32 Å². The number of likely N-dealkylation sites (tertiary alicyclic amines) is 1. The van der Waals surface area contributed by atoms with Gasteiger partial charge in [-0.05, 0) is 42.0 Å². The first-order valence-corrected chi connectivity index (χ1v) is 8.60. The molecule has 1 aliphatic heterocycles. The summed E-state index contributed by atoms with van der Waals surface area (Å²) >= 11 is 6.05. The van der Waals surface area contributed by atoms with Gasteiger partial charge in [0, 0.05) is 23.8 Å². The molecule has 136 valence electrons. The summed E-state index contributed by atoms with van der Waals surface area (Å²) in [5.41, 5.74) is 1.14. The van der Waals surface area contributed by atoms with E-state index in [1.165, 1.54) is 4.90 Å². The summed E-state index contributed by atoms with van der Waals surface area (Å²) in [4.78, 5) is 37.1. The number of carboxylic acids is 1. The average Bonchev–Trinajstić information content (AvgIpc) is 2.54. The van der Waals surface area contributed by atoms with Gasteiger partial charge >= 0.3 is 17.8 Å². The Labute approximate surface area is 152 Å². The number of hydrogen-bond donors (Lipinski definition) is 2. The molecule has 0 bridgehead atoms. The Balaban J connectivity index is 2.08. The van der Waals surface area contributed by atoms with Gasteiger partial charge < -0.3 is 15.3 Å². The van der Waals surface area contributed by atoms with Crippen molar-refractivity contribution in [1.82, 2.24) is 4.90 Å². The van der Waals surface area contributed by atoms with Gasteiger partial charge in [0.25, 0.3) is 0 Å². The predicted octanol–water partition coefficient (Wildman–Crippen LogP) is 2.90. The summed E-state index contributed by atoms with van der Waals surface area (Å²) in [6, 6.07) is 5.12. The maximum atomic E-state index is 12.3. The second kappa shape index (κ2) is 7.44. The summed E-state index contributed by atoms with van der Waals surface area (Å²) in [6.07, 6.45) is 0.727. The van der Waals surface area contributed by atoms with Crippen LogP contribution in [-0.4, -0.2) is 40.9 Å². The van der Waals surface area contributed by atoms with Crippen molar-refractivity contribution in [1.29, 1.82) is 0 Å². The smallest absolute Gasteiger partial charge is 0.313 e. The van der Waals surface area contributed by atoms with Gasteiger partial charge in [-0.1, -0.05) is 32.4 Å². The number of carbonyl (C=O) groups is 3. The average molecular weight is 367 g/mol. The lowest BCUT2D eigenvalue weighted by atomic mass is 9.86. The number of hydrogen-bond acceptors (Lipinski definition) is 3. The van der Waals surface area contributed by atoms with E-state index in [-0.39, 0.29) is 18.5 Å². The summed E-state index contributed by atoms with van der Waals surface area (Å²) < 4.78 is 0. The Morgan fingerprint density at radius 3 is 2.32 bits per heavy atom. The van der Waals surface area contributed by atoms with E-state index in [0.717, 1.165) is 5.56 Å². The van der Waals surface area contributed by atoms with E-state index in [4.69, 9.17) is 16.7 Å². The van der Waals surface area contributed by atoms with Gasteiger partial charge in [-0.15, -0.1) is 0 Å². The van der Waals surface area contributed by atoms with Crippen molar-refractivity contribution < 1.29 is 19.5 Å². The van der Waals surface area contributed by atoms with Crippen LogP contribution in [0.25, 0.3) is 0 Å². The fraction of sp³-hybridized carbons (Fsp3) is 0.500. The summed E-state index contributed by atoms with van der Waals surface area (Å²) in [5, 5.41) is 12.2. The highest BCUT2D eigenvalue weighted by Gasteiger charge is 2.30. The third-order valence-corrected chi connectivity index (χ3v) is 4.60. The number of halogens is 1. The zero-order valence-electron chi connectivity index (χ0n) is 14.6. The molecule has 2 amide bonds. The lowest BCUT2D eigenvalue weighted by Gasteiger charge is -2.30. The van der Waals surface area contributed by atoms with Crippen LogP contribution in [0.2, 0.25) is 5.02 Å². The molecule has 1 heterocycles. The van der Waals surface area contributed by atoms with Crippen LogP contribution in [0, 0.1) is 5.92 Å². The highest BCUT2D eigenvalue weighted by molar-refractivity contribution is 6.39. The van der Waals surface area contributed by atoms with E-state index in [9.17, 15) is 14.4 Å². The Morgan fingerprint density at radius 2 is 1.80 bits per heavy atom. The zero-order chi connectivity index (χ0) is 18.8. The zero-order valence-corrected chi connectivity index (χ0v) is 15.4. The molecule has 0 aliphatic carbocycles. The van der Waals surface area contributed by atoms with Crippen LogP contribution in [0.4, 0.5) is 5.69 Å². The minimum atomic E-state index is -0.854. The molecule has 1 fully saturated rings. The molecule has 0 radical (unpaired) electrons. The van der Waals surface area contributed by atoms with E-state index in [0.29, 0.717) is 23.6 Å². The van der Waals surface area contributed by atoms with Crippen LogP contribution in [0.3, 0.4) is 0 Å². The predicted molar refractivity (Wildman–Crippen MR) is 95.7 cm³/mol. The normalized spacial score (nSPS) is 15.8. The molecule has 1 aliphatic rings. The molecular weight excluding hydrogens is 344 g/mol. The van der Waals surface area contributed by atoms with Crippen molar-refractivity contribution in [3.63, 3.8) is 0 Å². The highest BCUT2D eigenvalue weighted by atomic mass is 35.5. The summed E-state index contributed by atoms with van der Waals surface area (Å²) in [6.45, 7) is 6.53. The topological polar surface area (TPSA) is 86.7 Å². The van der Waals surface area contributed by atoms with Gasteiger partial charge in [0.05, 0.1) is 5.92 Å². The van der Waals surface area contributed by atoms with E-state index in [2.05, 4.69) is 5.32 Å². The molecule has 1 aromatic carbocycles. The molecule has 1 saturated heterocycles. The Morgan fingerprint density at radius 1 is 1.20 bits per heavy atom. The van der Waals surface area contributed by atoms with Gasteiger partial charge in [0.2, 0.25) is 0 Å². The molecule has 7 heteroatoms. The van der Waals surface area contributed by atoms with Gasteiger partial charge in [-0.25, -0.2) is 0 Å². The molecule has 0 unspecified atom stereocenters. The molecule has 0 aromatic heterocycles. The number of amides is 2. The van der Waals surface area contributed by atoms with Crippen molar-refractivity contribution >= 4 is 35.1 Å². The largest absolute Gasteiger partial charge is 0.481 e. The SMILES string of the molecule is CC(C)(C)c1cc(Cl)ccc1NC(=O)C(=O)N1CCC(C(=O)O)CC1. The number of nitrogens with one attached hydrogen (secondary N) is 1. The Bertz CT molecular complexity index is 689. The van der Waals surface area contributed by atoms with Crippen molar-refractivity contribution in [2.75, 3.05) is 18.4 Å². The third kappa shape index (κ3) is 4.72. The molecular formula is C18H23ClN2O4. The van der Waals surface area contributed by atoms with Gasteiger partial charge in [-0.3, -0.25) is 14.4 Å². The number of aliphatic carboxylic acids is 1. The van der Waals surface area contributed by atoms with Crippen LogP contribution in [0.5, 0.6) is 0 Å². The third-order valence-electron chi connectivity index (χ3n) is 4.36. The fourth-order valence-electron chi connectivity index (χ4n) is 2.89. The fourth-order valence-corrected chi connectivity index (χ4v) is 3.07. The molecule has 1 aromatic rings. The molecule has 2 rings (SSSR count). The number of carboxylic acid groups (broad SMARTS) is 1. The van der Waals surface area contributed by atoms with Crippen LogP contribution in [-0.2, 0) is 19.8 Å². The molecule has 0 atom stereocenters. The maximum Gasteiger partial charge on any atom is 0.313 e. The number of nitrogens with zero attached hydrogens (tertiary/aromatic N) is 1. The molecule has 2 N–H and O–H groups in total. The first-order valence-electron chi connectivity index (χ1n) is 8.22. The first-order chi connectivity index (χ1) is 11.6. The Hall–Kier alpha value is -2.08. The van der Waals surface area contributed by atoms with Crippen molar-refractivity contribution in [3.8, 4) is 0 Å². The molecule has 0 spiro atoms. The van der Waals surface area contributed by atoms with Crippen molar-refractivity contribution in [2.45, 2.75) is 39.0 Å². The lowest BCUT2D eigenvalue weighted by molar-refractivity contribution is -0.148. The Kier molecular flexibility index (Phi) is 5.72. The van der Waals surface area contributed by atoms with E-state index >= 15 is 0 Å². The number of carbonyl (C=O) groups excluding carboxylic acids is 2.